The lowest BCUT2D eigenvalue weighted by Crippen LogP contribution is -2.33. The fourth-order valence-corrected chi connectivity index (χ4v) is 1.14. The van der Waals surface area contributed by atoms with Crippen molar-refractivity contribution >= 4 is 17.7 Å². The van der Waals surface area contributed by atoms with E-state index in [0.717, 1.165) is 18.2 Å². The molecule has 0 atom stereocenters. The highest BCUT2D eigenvalue weighted by atomic mass is 19.3. The van der Waals surface area contributed by atoms with Crippen LogP contribution in [0.25, 0.3) is 0 Å². The zero-order chi connectivity index (χ0) is 13.7. The van der Waals surface area contributed by atoms with Crippen molar-refractivity contribution in [1.82, 2.24) is 5.32 Å². The minimum absolute atomic E-state index is 0.311. The summed E-state index contributed by atoms with van der Waals surface area (Å²) < 4.78 is 36.5. The Morgan fingerprint density at radius 3 is 2.56 bits per heavy atom. The van der Waals surface area contributed by atoms with Crippen LogP contribution in [-0.2, 0) is 0 Å². The van der Waals surface area contributed by atoms with Crippen LogP contribution in [0.4, 0.5) is 23.7 Å². The van der Waals surface area contributed by atoms with Gasteiger partial charge in [0.1, 0.15) is 5.82 Å². The predicted octanol–water partition coefficient (Wildman–Crippen LogP) is 1.91. The maximum Gasteiger partial charge on any atom is 0.337 e. The van der Waals surface area contributed by atoms with Crippen molar-refractivity contribution in [3.8, 4) is 0 Å². The average Bonchev–Trinajstić information content (AvgIpc) is 2.26. The Bertz CT molecular complexity index is 466. The van der Waals surface area contributed by atoms with Gasteiger partial charge in [-0.3, -0.25) is 0 Å². The molecular formula is C10H9F3N2O3. The largest absolute Gasteiger partial charge is 0.478 e. The third-order valence-electron chi connectivity index (χ3n) is 1.88. The number of carboxylic acid groups (broad SMARTS) is 1. The van der Waals surface area contributed by atoms with Gasteiger partial charge in [0.25, 0.3) is 6.43 Å². The number of rotatable bonds is 4. The maximum absolute atomic E-state index is 12.9. The van der Waals surface area contributed by atoms with Gasteiger partial charge >= 0.3 is 12.0 Å². The van der Waals surface area contributed by atoms with E-state index in [9.17, 15) is 22.8 Å². The second-order valence-electron chi connectivity index (χ2n) is 3.22. The molecule has 0 saturated carbocycles. The van der Waals surface area contributed by atoms with Crippen LogP contribution in [0.15, 0.2) is 18.2 Å². The Labute approximate surface area is 99.6 Å². The third-order valence-corrected chi connectivity index (χ3v) is 1.88. The number of anilines is 1. The van der Waals surface area contributed by atoms with Crippen LogP contribution in [0.5, 0.6) is 0 Å². The summed E-state index contributed by atoms with van der Waals surface area (Å²) in [5.41, 5.74) is -0.655. The van der Waals surface area contributed by atoms with E-state index in [-0.39, 0.29) is 11.3 Å². The van der Waals surface area contributed by atoms with Gasteiger partial charge in [-0.15, -0.1) is 0 Å². The molecule has 0 aliphatic rings. The van der Waals surface area contributed by atoms with Gasteiger partial charge in [-0.2, -0.15) is 0 Å². The van der Waals surface area contributed by atoms with Gasteiger partial charge < -0.3 is 15.7 Å². The summed E-state index contributed by atoms with van der Waals surface area (Å²) in [7, 11) is 0. The van der Waals surface area contributed by atoms with E-state index in [1.54, 1.807) is 5.32 Å². The first-order chi connectivity index (χ1) is 8.40. The van der Waals surface area contributed by atoms with Crippen LogP contribution in [0.2, 0.25) is 0 Å². The molecule has 5 nitrogen and oxygen atoms in total. The van der Waals surface area contributed by atoms with E-state index < -0.39 is 30.8 Å². The quantitative estimate of drug-likeness (QED) is 0.775. The minimum Gasteiger partial charge on any atom is -0.478 e. The molecule has 0 bridgehead atoms. The van der Waals surface area contributed by atoms with Gasteiger partial charge in [0.05, 0.1) is 17.8 Å². The van der Waals surface area contributed by atoms with E-state index in [0.29, 0.717) is 0 Å². The topological polar surface area (TPSA) is 78.4 Å². The maximum atomic E-state index is 12.9. The number of halogens is 3. The Balaban J connectivity index is 2.79. The minimum atomic E-state index is -2.73. The van der Waals surface area contributed by atoms with Crippen LogP contribution in [-0.4, -0.2) is 30.1 Å². The number of carbonyl (C=O) groups is 2. The molecule has 0 fully saturated rings. The van der Waals surface area contributed by atoms with E-state index in [1.807, 2.05) is 5.32 Å². The molecule has 1 aromatic rings. The van der Waals surface area contributed by atoms with Gasteiger partial charge in [0.15, 0.2) is 0 Å². The summed E-state index contributed by atoms with van der Waals surface area (Å²) in [6.07, 6.45) is -2.73. The van der Waals surface area contributed by atoms with Gasteiger partial charge in [-0.1, -0.05) is 0 Å². The first-order valence-corrected chi connectivity index (χ1v) is 4.76. The molecule has 0 saturated heterocycles. The number of carbonyl (C=O) groups excluding carboxylic acids is 1. The van der Waals surface area contributed by atoms with Crippen LogP contribution in [0.1, 0.15) is 10.4 Å². The lowest BCUT2D eigenvalue weighted by molar-refractivity contribution is 0.0698. The molecule has 2 amide bonds. The first kappa shape index (κ1) is 13.8. The van der Waals surface area contributed by atoms with Crippen molar-refractivity contribution in [1.29, 1.82) is 0 Å². The summed E-state index contributed by atoms with van der Waals surface area (Å²) >= 11 is 0. The molecule has 98 valence electrons. The Morgan fingerprint density at radius 2 is 2.00 bits per heavy atom. The molecule has 1 aromatic carbocycles. The monoisotopic (exact) mass is 262 g/mol. The number of alkyl halides is 2. The summed E-state index contributed by atoms with van der Waals surface area (Å²) in [5, 5.41) is 12.6. The van der Waals surface area contributed by atoms with Crippen molar-refractivity contribution in [2.45, 2.75) is 6.43 Å². The summed E-state index contributed by atoms with van der Waals surface area (Å²) in [5.74, 6) is -2.14. The zero-order valence-corrected chi connectivity index (χ0v) is 8.91. The molecule has 1 rings (SSSR count). The molecule has 0 radical (unpaired) electrons. The molecule has 0 spiro atoms. The van der Waals surface area contributed by atoms with Crippen molar-refractivity contribution < 1.29 is 27.9 Å². The van der Waals surface area contributed by atoms with Gasteiger partial charge in [-0.05, 0) is 18.2 Å². The van der Waals surface area contributed by atoms with E-state index in [4.69, 9.17) is 5.11 Å². The van der Waals surface area contributed by atoms with Gasteiger partial charge in [0, 0.05) is 0 Å². The zero-order valence-electron chi connectivity index (χ0n) is 8.91. The average molecular weight is 262 g/mol. The van der Waals surface area contributed by atoms with Crippen molar-refractivity contribution in [3.63, 3.8) is 0 Å². The summed E-state index contributed by atoms with van der Waals surface area (Å²) in [6, 6.07) is 1.61. The normalized spacial score (nSPS) is 10.2. The predicted molar refractivity (Wildman–Crippen MR) is 56.4 cm³/mol. The molecular weight excluding hydrogens is 253 g/mol. The van der Waals surface area contributed by atoms with Gasteiger partial charge in [0.2, 0.25) is 0 Å². The summed E-state index contributed by atoms with van der Waals surface area (Å²) in [6.45, 7) is -0.885. The number of aromatic carboxylic acids is 1. The summed E-state index contributed by atoms with van der Waals surface area (Å²) in [4.78, 5) is 21.9. The Hall–Kier alpha value is -2.25. The van der Waals surface area contributed by atoms with Gasteiger partial charge in [-0.25, -0.2) is 22.8 Å². The first-order valence-electron chi connectivity index (χ1n) is 4.76. The fourth-order valence-electron chi connectivity index (χ4n) is 1.14. The lowest BCUT2D eigenvalue weighted by atomic mass is 10.2. The van der Waals surface area contributed by atoms with Crippen molar-refractivity contribution in [2.75, 3.05) is 11.9 Å². The number of nitrogens with one attached hydrogen (secondary N) is 2. The third kappa shape index (κ3) is 3.96. The van der Waals surface area contributed by atoms with Crippen LogP contribution in [0, 0.1) is 5.82 Å². The number of urea groups is 1. The lowest BCUT2D eigenvalue weighted by Gasteiger charge is -2.09. The fraction of sp³-hybridized carbons (Fsp3) is 0.200. The number of carboxylic acids is 1. The second kappa shape index (κ2) is 5.89. The van der Waals surface area contributed by atoms with Crippen molar-refractivity contribution in [2.24, 2.45) is 0 Å². The highest BCUT2D eigenvalue weighted by Gasteiger charge is 2.14. The molecule has 3 N–H and O–H groups in total. The van der Waals surface area contributed by atoms with E-state index >= 15 is 0 Å². The molecule has 0 aliphatic heterocycles. The molecule has 8 heteroatoms. The Kier molecular flexibility index (Phi) is 4.52. The molecule has 0 aromatic heterocycles. The van der Waals surface area contributed by atoms with E-state index in [2.05, 4.69) is 0 Å². The molecule has 0 aliphatic carbocycles. The molecule has 0 unspecified atom stereocenters. The Morgan fingerprint density at radius 1 is 1.33 bits per heavy atom. The number of hydrogen-bond donors (Lipinski definition) is 3. The number of hydrogen-bond acceptors (Lipinski definition) is 2. The number of benzene rings is 1. The molecule has 18 heavy (non-hydrogen) atoms. The van der Waals surface area contributed by atoms with E-state index in [1.165, 1.54) is 0 Å². The highest BCUT2D eigenvalue weighted by molar-refractivity contribution is 5.99. The highest BCUT2D eigenvalue weighted by Crippen LogP contribution is 2.17. The number of amides is 2. The molecule has 0 heterocycles. The second-order valence-corrected chi connectivity index (χ2v) is 3.22. The SMILES string of the molecule is O=C(NCC(F)F)Nc1cc(F)ccc1C(=O)O. The van der Waals surface area contributed by atoms with Crippen LogP contribution >= 0.6 is 0 Å². The standard InChI is InChI=1S/C10H9F3N2O3/c11-5-1-2-6(9(16)17)7(3-5)15-10(18)14-4-8(12)13/h1-3,8H,4H2,(H,16,17)(H2,14,15,18). The van der Waals surface area contributed by atoms with Crippen LogP contribution in [0.3, 0.4) is 0 Å². The van der Waals surface area contributed by atoms with Crippen molar-refractivity contribution in [3.05, 3.63) is 29.6 Å². The smallest absolute Gasteiger partial charge is 0.337 e. The van der Waals surface area contributed by atoms with Crippen LogP contribution < -0.4 is 10.6 Å².